The Morgan fingerprint density at radius 2 is 1.71 bits per heavy atom. The standard InChI is InChI=1S/C25H30N2O8/c1-31-20-9-17(10-21(11-20)32-2)25(30)27-7-5-16(6-8-27)24(29)26-13-18(28)14-33-19-3-4-22-23(12-19)35-15-34-22/h3-4,9-12,16,18,28H,5-8,13-15H2,1-2H3,(H,26,29). The molecule has 0 spiro atoms. The van der Waals surface area contributed by atoms with Gasteiger partial charge in [-0.3, -0.25) is 9.59 Å². The summed E-state index contributed by atoms with van der Waals surface area (Å²) in [5.74, 6) is 2.40. The molecule has 2 N–H and O–H groups in total. The molecule has 10 nitrogen and oxygen atoms in total. The second-order valence-corrected chi connectivity index (χ2v) is 8.39. The SMILES string of the molecule is COc1cc(OC)cc(C(=O)N2CCC(C(=O)NCC(O)COc3ccc4c(c3)OCO4)CC2)c1. The van der Waals surface area contributed by atoms with Crippen LogP contribution in [0.5, 0.6) is 28.7 Å². The van der Waals surface area contributed by atoms with Crippen LogP contribution in [0.2, 0.25) is 0 Å². The van der Waals surface area contributed by atoms with Gasteiger partial charge >= 0.3 is 0 Å². The first-order valence-electron chi connectivity index (χ1n) is 11.5. The molecule has 2 aromatic rings. The van der Waals surface area contributed by atoms with Crippen molar-refractivity contribution in [2.75, 3.05) is 47.3 Å². The maximum Gasteiger partial charge on any atom is 0.254 e. The third kappa shape index (κ3) is 6.07. The number of hydrogen-bond donors (Lipinski definition) is 2. The fraction of sp³-hybridized carbons (Fsp3) is 0.440. The van der Waals surface area contributed by atoms with Crippen LogP contribution in [0.4, 0.5) is 0 Å². The summed E-state index contributed by atoms with van der Waals surface area (Å²) >= 11 is 0. The summed E-state index contributed by atoms with van der Waals surface area (Å²) in [5, 5.41) is 13.0. The van der Waals surface area contributed by atoms with Gasteiger partial charge in [-0.15, -0.1) is 0 Å². The lowest BCUT2D eigenvalue weighted by Crippen LogP contribution is -2.44. The Morgan fingerprint density at radius 3 is 2.40 bits per heavy atom. The molecule has 0 aromatic heterocycles. The van der Waals surface area contributed by atoms with E-state index in [1.807, 2.05) is 0 Å². The van der Waals surface area contributed by atoms with Crippen LogP contribution in [0.1, 0.15) is 23.2 Å². The molecule has 0 radical (unpaired) electrons. The maximum atomic E-state index is 12.9. The lowest BCUT2D eigenvalue weighted by molar-refractivity contribution is -0.126. The van der Waals surface area contributed by atoms with Gasteiger partial charge in [0.1, 0.15) is 30.0 Å². The van der Waals surface area contributed by atoms with Crippen molar-refractivity contribution in [3.05, 3.63) is 42.0 Å². The Balaban J connectivity index is 1.20. The van der Waals surface area contributed by atoms with Gasteiger partial charge in [-0.1, -0.05) is 0 Å². The number of methoxy groups -OCH3 is 2. The second kappa shape index (κ2) is 11.2. The summed E-state index contributed by atoms with van der Waals surface area (Å²) in [7, 11) is 3.07. The monoisotopic (exact) mass is 486 g/mol. The van der Waals surface area contributed by atoms with Crippen molar-refractivity contribution >= 4 is 11.8 Å². The molecule has 1 saturated heterocycles. The normalized spacial score (nSPS) is 15.9. The van der Waals surface area contributed by atoms with E-state index in [0.717, 1.165) is 0 Å². The van der Waals surface area contributed by atoms with Gasteiger partial charge < -0.3 is 39.0 Å². The fourth-order valence-corrected chi connectivity index (χ4v) is 4.04. The Labute approximate surface area is 203 Å². The third-order valence-corrected chi connectivity index (χ3v) is 6.05. The maximum absolute atomic E-state index is 12.9. The summed E-state index contributed by atoms with van der Waals surface area (Å²) < 4.78 is 26.6. The number of carbonyl (C=O) groups is 2. The summed E-state index contributed by atoms with van der Waals surface area (Å²) in [5.41, 5.74) is 0.481. The summed E-state index contributed by atoms with van der Waals surface area (Å²) in [6, 6.07) is 10.2. The van der Waals surface area contributed by atoms with E-state index in [1.165, 1.54) is 14.2 Å². The molecule has 10 heteroatoms. The average molecular weight is 487 g/mol. The zero-order valence-corrected chi connectivity index (χ0v) is 19.8. The second-order valence-electron chi connectivity index (χ2n) is 8.39. The van der Waals surface area contributed by atoms with Crippen LogP contribution in [-0.4, -0.2) is 75.2 Å². The Hall–Kier alpha value is -3.66. The first-order valence-corrected chi connectivity index (χ1v) is 11.5. The van der Waals surface area contributed by atoms with E-state index in [2.05, 4.69) is 5.32 Å². The minimum Gasteiger partial charge on any atom is -0.497 e. The van der Waals surface area contributed by atoms with Gasteiger partial charge in [-0.25, -0.2) is 0 Å². The van der Waals surface area contributed by atoms with Gasteiger partial charge in [-0.2, -0.15) is 0 Å². The molecule has 1 atom stereocenters. The molecule has 2 aliphatic heterocycles. The Bertz CT molecular complexity index is 1030. The van der Waals surface area contributed by atoms with E-state index < -0.39 is 6.10 Å². The van der Waals surface area contributed by atoms with Crippen molar-refractivity contribution in [1.29, 1.82) is 0 Å². The summed E-state index contributed by atoms with van der Waals surface area (Å²) in [6.07, 6.45) is 0.222. The number of nitrogens with zero attached hydrogens (tertiary/aromatic N) is 1. The number of aliphatic hydroxyl groups excluding tert-OH is 1. The first kappa shape index (κ1) is 24.5. The Morgan fingerprint density at radius 1 is 1.03 bits per heavy atom. The number of benzene rings is 2. The summed E-state index contributed by atoms with van der Waals surface area (Å²) in [4.78, 5) is 27.2. The van der Waals surface area contributed by atoms with Crippen LogP contribution in [0.15, 0.2) is 36.4 Å². The number of piperidine rings is 1. The van der Waals surface area contributed by atoms with E-state index in [0.29, 0.717) is 60.2 Å². The highest BCUT2D eigenvalue weighted by molar-refractivity contribution is 5.95. The first-order chi connectivity index (χ1) is 17.0. The highest BCUT2D eigenvalue weighted by Gasteiger charge is 2.28. The molecule has 4 rings (SSSR count). The Kier molecular flexibility index (Phi) is 7.81. The molecular formula is C25H30N2O8. The van der Waals surface area contributed by atoms with E-state index in [1.54, 1.807) is 41.3 Å². The van der Waals surface area contributed by atoms with Crippen LogP contribution in [0.3, 0.4) is 0 Å². The molecule has 0 saturated carbocycles. The number of ether oxygens (including phenoxy) is 5. The van der Waals surface area contributed by atoms with Crippen LogP contribution in [-0.2, 0) is 4.79 Å². The number of amides is 2. The predicted octanol–water partition coefficient (Wildman–Crippen LogP) is 1.84. The van der Waals surface area contributed by atoms with Gasteiger partial charge in [0.15, 0.2) is 11.5 Å². The quantitative estimate of drug-likeness (QED) is 0.552. The van der Waals surface area contributed by atoms with Crippen LogP contribution < -0.4 is 29.0 Å². The number of aliphatic hydroxyl groups is 1. The number of hydrogen-bond acceptors (Lipinski definition) is 8. The van der Waals surface area contributed by atoms with Crippen molar-refractivity contribution < 1.29 is 38.4 Å². The largest absolute Gasteiger partial charge is 0.497 e. The van der Waals surface area contributed by atoms with Gasteiger partial charge in [0.25, 0.3) is 5.91 Å². The van der Waals surface area contributed by atoms with Gasteiger partial charge in [0.05, 0.1) is 14.2 Å². The van der Waals surface area contributed by atoms with Crippen LogP contribution in [0, 0.1) is 5.92 Å². The highest BCUT2D eigenvalue weighted by Crippen LogP contribution is 2.35. The number of rotatable bonds is 9. The molecule has 188 valence electrons. The number of nitrogens with one attached hydrogen (secondary N) is 1. The minimum absolute atomic E-state index is 0.0247. The van der Waals surface area contributed by atoms with E-state index >= 15 is 0 Å². The van der Waals surface area contributed by atoms with E-state index in [4.69, 9.17) is 23.7 Å². The fourth-order valence-electron chi connectivity index (χ4n) is 4.04. The number of carbonyl (C=O) groups excluding carboxylic acids is 2. The van der Waals surface area contributed by atoms with Crippen molar-refractivity contribution in [2.45, 2.75) is 18.9 Å². The molecule has 35 heavy (non-hydrogen) atoms. The predicted molar refractivity (Wildman–Crippen MR) is 125 cm³/mol. The van der Waals surface area contributed by atoms with Crippen LogP contribution in [0.25, 0.3) is 0 Å². The van der Waals surface area contributed by atoms with Crippen molar-refractivity contribution in [3.8, 4) is 28.7 Å². The molecule has 2 amide bonds. The van der Waals surface area contributed by atoms with Crippen LogP contribution >= 0.6 is 0 Å². The molecule has 0 aliphatic carbocycles. The molecule has 1 unspecified atom stereocenters. The molecule has 2 heterocycles. The zero-order valence-electron chi connectivity index (χ0n) is 19.8. The zero-order chi connectivity index (χ0) is 24.8. The van der Waals surface area contributed by atoms with Crippen molar-refractivity contribution in [1.82, 2.24) is 10.2 Å². The highest BCUT2D eigenvalue weighted by atomic mass is 16.7. The molecular weight excluding hydrogens is 456 g/mol. The summed E-state index contributed by atoms with van der Waals surface area (Å²) in [6.45, 7) is 1.21. The van der Waals surface area contributed by atoms with E-state index in [9.17, 15) is 14.7 Å². The molecule has 2 aliphatic rings. The lowest BCUT2D eigenvalue weighted by atomic mass is 9.95. The van der Waals surface area contributed by atoms with Crippen molar-refractivity contribution in [2.24, 2.45) is 5.92 Å². The van der Waals surface area contributed by atoms with Gasteiger partial charge in [-0.05, 0) is 37.1 Å². The lowest BCUT2D eigenvalue weighted by Gasteiger charge is -2.31. The molecule has 2 aromatic carbocycles. The van der Waals surface area contributed by atoms with Gasteiger partial charge in [0.2, 0.25) is 12.7 Å². The third-order valence-electron chi connectivity index (χ3n) is 6.05. The molecule has 0 bridgehead atoms. The topological polar surface area (TPSA) is 116 Å². The number of fused-ring (bicyclic) bond motifs is 1. The average Bonchev–Trinajstić information content (AvgIpc) is 3.37. The number of likely N-dealkylation sites (tertiary alicyclic amines) is 1. The van der Waals surface area contributed by atoms with Crippen molar-refractivity contribution in [3.63, 3.8) is 0 Å². The minimum atomic E-state index is -0.867. The van der Waals surface area contributed by atoms with Gasteiger partial charge in [0, 0.05) is 43.2 Å². The van der Waals surface area contributed by atoms with E-state index in [-0.39, 0.29) is 37.7 Å². The smallest absolute Gasteiger partial charge is 0.254 e. The molecule has 1 fully saturated rings.